The molecule has 5 rings (SSSR count). The fourth-order valence-electron chi connectivity index (χ4n) is 4.48. The van der Waals surface area contributed by atoms with E-state index >= 15 is 0 Å². The number of hydrogen-bond donors (Lipinski definition) is 1. The average molecular weight is 575 g/mol. The lowest BCUT2D eigenvalue weighted by Gasteiger charge is -2.25. The molecular formula is C30H26N2O6S2. The number of carbonyl (C=O) groups excluding carboxylic acids is 1. The van der Waals surface area contributed by atoms with E-state index < -0.39 is 18.0 Å². The summed E-state index contributed by atoms with van der Waals surface area (Å²) in [5, 5.41) is 9.30. The van der Waals surface area contributed by atoms with Gasteiger partial charge in [0.2, 0.25) is 0 Å². The van der Waals surface area contributed by atoms with Crippen molar-refractivity contribution >= 4 is 41.1 Å². The lowest BCUT2D eigenvalue weighted by molar-refractivity contribution is -0.143. The van der Waals surface area contributed by atoms with Crippen LogP contribution in [0.4, 0.5) is 0 Å². The van der Waals surface area contributed by atoms with Gasteiger partial charge in [-0.1, -0.05) is 35.6 Å². The molecule has 0 fully saturated rings. The third-order valence-electron chi connectivity index (χ3n) is 6.31. The van der Waals surface area contributed by atoms with Gasteiger partial charge in [-0.05, 0) is 69.0 Å². The van der Waals surface area contributed by atoms with Crippen molar-refractivity contribution in [3.05, 3.63) is 109 Å². The molecule has 2 aromatic heterocycles. The second kappa shape index (κ2) is 11.1. The standard InChI is InChI=1S/C30H26N2O6S2/c1-16(2)37-29(36)25-17(3)31-30-32(26(25)18-8-11-22(39-4)12-9-18)27(33)24(40-30)15-21-10-13-23(38-21)19-6-5-7-20(14-19)28(34)35/h5-16,26H,1-4H3,(H,34,35)/b24-15-/t26-/m1/s1. The minimum atomic E-state index is -1.03. The number of rotatable bonds is 7. The molecule has 0 saturated carbocycles. The van der Waals surface area contributed by atoms with Crippen LogP contribution in [0.25, 0.3) is 17.4 Å². The first-order valence-corrected chi connectivity index (χ1v) is 14.5. The molecule has 0 bridgehead atoms. The first kappa shape index (κ1) is 27.4. The van der Waals surface area contributed by atoms with E-state index in [0.29, 0.717) is 37.7 Å². The predicted molar refractivity (Wildman–Crippen MR) is 154 cm³/mol. The number of carbonyl (C=O) groups is 2. The van der Waals surface area contributed by atoms with Crippen LogP contribution in [0.15, 0.2) is 91.0 Å². The Morgan fingerprint density at radius 2 is 1.90 bits per heavy atom. The summed E-state index contributed by atoms with van der Waals surface area (Å²) in [6.07, 6.45) is 3.28. The number of ether oxygens (including phenoxy) is 1. The lowest BCUT2D eigenvalue weighted by Crippen LogP contribution is -2.40. The van der Waals surface area contributed by atoms with Gasteiger partial charge in [0.05, 0.1) is 33.5 Å². The quantitative estimate of drug-likeness (QED) is 0.248. The van der Waals surface area contributed by atoms with Crippen molar-refractivity contribution < 1.29 is 23.8 Å². The van der Waals surface area contributed by atoms with E-state index in [4.69, 9.17) is 9.15 Å². The van der Waals surface area contributed by atoms with Crippen molar-refractivity contribution in [2.45, 2.75) is 37.8 Å². The Morgan fingerprint density at radius 3 is 2.58 bits per heavy atom. The van der Waals surface area contributed by atoms with Crippen molar-refractivity contribution in [3.8, 4) is 11.3 Å². The molecule has 2 aromatic carbocycles. The molecule has 40 heavy (non-hydrogen) atoms. The largest absolute Gasteiger partial charge is 0.478 e. The highest BCUT2D eigenvalue weighted by Crippen LogP contribution is 2.32. The SMILES string of the molecule is CSc1ccc([C@@H]2C(C(=O)OC(C)C)=C(C)N=c3s/c(=C\c4ccc(-c5cccc(C(=O)O)c5)o4)c(=O)n32)cc1. The van der Waals surface area contributed by atoms with E-state index in [9.17, 15) is 19.5 Å². The van der Waals surface area contributed by atoms with Gasteiger partial charge in [0, 0.05) is 16.5 Å². The van der Waals surface area contributed by atoms with Crippen LogP contribution in [0, 0.1) is 0 Å². The molecule has 204 valence electrons. The zero-order valence-corrected chi connectivity index (χ0v) is 23.8. The third-order valence-corrected chi connectivity index (χ3v) is 8.04. The first-order chi connectivity index (χ1) is 19.2. The summed E-state index contributed by atoms with van der Waals surface area (Å²) in [6, 6.07) is 16.9. The number of nitrogens with zero attached hydrogens (tertiary/aromatic N) is 2. The zero-order chi connectivity index (χ0) is 28.6. The summed E-state index contributed by atoms with van der Waals surface area (Å²) in [5.41, 5.74) is 2.04. The van der Waals surface area contributed by atoms with Gasteiger partial charge in [0.1, 0.15) is 11.5 Å². The Morgan fingerprint density at radius 1 is 1.15 bits per heavy atom. The molecule has 10 heteroatoms. The highest BCUT2D eigenvalue weighted by atomic mass is 32.2. The molecule has 0 saturated heterocycles. The number of esters is 1. The maximum absolute atomic E-state index is 13.8. The van der Waals surface area contributed by atoms with Crippen molar-refractivity contribution in [1.29, 1.82) is 0 Å². The molecule has 1 N–H and O–H groups in total. The molecule has 0 amide bonds. The van der Waals surface area contributed by atoms with Crippen LogP contribution in [-0.4, -0.2) is 34.0 Å². The molecular weight excluding hydrogens is 548 g/mol. The number of carboxylic acids is 1. The number of benzene rings is 2. The minimum Gasteiger partial charge on any atom is -0.478 e. The van der Waals surface area contributed by atoms with E-state index in [1.54, 1.807) is 62.9 Å². The van der Waals surface area contributed by atoms with Crippen LogP contribution in [-0.2, 0) is 9.53 Å². The summed E-state index contributed by atoms with van der Waals surface area (Å²) >= 11 is 2.81. The molecule has 0 unspecified atom stereocenters. The monoisotopic (exact) mass is 574 g/mol. The van der Waals surface area contributed by atoms with Crippen LogP contribution >= 0.6 is 23.1 Å². The maximum atomic E-state index is 13.8. The van der Waals surface area contributed by atoms with Crippen molar-refractivity contribution in [2.75, 3.05) is 6.26 Å². The topological polar surface area (TPSA) is 111 Å². The number of thiazole rings is 1. The number of carboxylic acid groups (broad SMARTS) is 1. The Labute approximate surface area is 238 Å². The van der Waals surface area contributed by atoms with Gasteiger partial charge in [-0.2, -0.15) is 0 Å². The predicted octanol–water partition coefficient (Wildman–Crippen LogP) is 4.87. The number of hydrogen-bond acceptors (Lipinski definition) is 8. The van der Waals surface area contributed by atoms with Gasteiger partial charge in [0.25, 0.3) is 5.56 Å². The summed E-state index contributed by atoms with van der Waals surface area (Å²) in [6.45, 7) is 5.31. The Balaban J connectivity index is 1.61. The Kier molecular flexibility index (Phi) is 7.64. The number of aromatic carboxylic acids is 1. The number of aromatic nitrogens is 1. The molecule has 3 heterocycles. The number of allylic oxidation sites excluding steroid dienone is 1. The maximum Gasteiger partial charge on any atom is 0.338 e. The smallest absolute Gasteiger partial charge is 0.338 e. The summed E-state index contributed by atoms with van der Waals surface area (Å²) in [7, 11) is 0. The van der Waals surface area contributed by atoms with Crippen molar-refractivity contribution in [1.82, 2.24) is 4.57 Å². The average Bonchev–Trinajstić information content (AvgIpc) is 3.52. The lowest BCUT2D eigenvalue weighted by atomic mass is 9.96. The molecule has 0 aliphatic carbocycles. The normalized spacial score (nSPS) is 15.2. The molecule has 8 nitrogen and oxygen atoms in total. The molecule has 1 atom stereocenters. The fourth-order valence-corrected chi connectivity index (χ4v) is 5.92. The highest BCUT2D eigenvalue weighted by Gasteiger charge is 2.33. The van der Waals surface area contributed by atoms with Crippen LogP contribution in [0.2, 0.25) is 0 Å². The van der Waals surface area contributed by atoms with E-state index in [1.165, 1.54) is 28.0 Å². The first-order valence-electron chi connectivity index (χ1n) is 12.5. The third kappa shape index (κ3) is 5.32. The Hall–Kier alpha value is -4.15. The van der Waals surface area contributed by atoms with E-state index in [1.807, 2.05) is 30.5 Å². The number of thioether (sulfide) groups is 1. The second-order valence-electron chi connectivity index (χ2n) is 9.40. The van der Waals surface area contributed by atoms with Gasteiger partial charge in [-0.3, -0.25) is 9.36 Å². The molecule has 0 radical (unpaired) electrons. The van der Waals surface area contributed by atoms with E-state index in [2.05, 4.69) is 4.99 Å². The van der Waals surface area contributed by atoms with Crippen LogP contribution in [0.5, 0.6) is 0 Å². The van der Waals surface area contributed by atoms with Gasteiger partial charge >= 0.3 is 11.9 Å². The van der Waals surface area contributed by atoms with E-state index in [-0.39, 0.29) is 17.2 Å². The molecule has 4 aromatic rings. The van der Waals surface area contributed by atoms with Crippen molar-refractivity contribution in [2.24, 2.45) is 4.99 Å². The number of fused-ring (bicyclic) bond motifs is 1. The van der Waals surface area contributed by atoms with Gasteiger partial charge < -0.3 is 14.3 Å². The Bertz CT molecular complexity index is 1830. The van der Waals surface area contributed by atoms with Crippen LogP contribution < -0.4 is 14.9 Å². The van der Waals surface area contributed by atoms with Gasteiger partial charge in [-0.15, -0.1) is 11.8 Å². The fraction of sp³-hybridized carbons (Fsp3) is 0.200. The highest BCUT2D eigenvalue weighted by molar-refractivity contribution is 7.98. The van der Waals surface area contributed by atoms with Gasteiger partial charge in [-0.25, -0.2) is 14.6 Å². The summed E-state index contributed by atoms with van der Waals surface area (Å²) in [5.74, 6) is -0.636. The van der Waals surface area contributed by atoms with Crippen LogP contribution in [0.3, 0.4) is 0 Å². The molecule has 1 aliphatic heterocycles. The zero-order valence-electron chi connectivity index (χ0n) is 22.2. The van der Waals surface area contributed by atoms with E-state index in [0.717, 1.165) is 10.5 Å². The van der Waals surface area contributed by atoms with Crippen LogP contribution in [0.1, 0.15) is 48.5 Å². The minimum absolute atomic E-state index is 0.150. The summed E-state index contributed by atoms with van der Waals surface area (Å²) < 4.78 is 13.4. The van der Waals surface area contributed by atoms with Gasteiger partial charge in [0.15, 0.2) is 4.80 Å². The number of furan rings is 1. The van der Waals surface area contributed by atoms with Crippen molar-refractivity contribution in [3.63, 3.8) is 0 Å². The second-order valence-corrected chi connectivity index (χ2v) is 11.3. The molecule has 1 aliphatic rings. The summed E-state index contributed by atoms with van der Waals surface area (Å²) in [4.78, 5) is 44.5. The molecule has 0 spiro atoms.